The first-order valence-corrected chi connectivity index (χ1v) is 8.85. The molecule has 0 aromatic carbocycles. The average Bonchev–Trinajstić information content (AvgIpc) is 2.35. The Kier molecular flexibility index (Phi) is 5.24. The van der Waals surface area contributed by atoms with Crippen molar-refractivity contribution in [3.8, 4) is 0 Å². The number of hydrogen-bond acceptors (Lipinski definition) is 3. The van der Waals surface area contributed by atoms with Gasteiger partial charge in [0.2, 0.25) is 10.0 Å². The highest BCUT2D eigenvalue weighted by molar-refractivity contribution is 7.89. The van der Waals surface area contributed by atoms with E-state index in [1.807, 2.05) is 27.7 Å². The first-order valence-electron chi connectivity index (χ1n) is 7.24. The molecule has 0 aliphatic carbocycles. The second-order valence-electron chi connectivity index (χ2n) is 6.96. The summed E-state index contributed by atoms with van der Waals surface area (Å²) in [6.45, 7) is 8.57. The van der Waals surface area contributed by atoms with Crippen LogP contribution in [-0.4, -0.2) is 42.6 Å². The lowest BCUT2D eigenvalue weighted by Crippen LogP contribution is -2.47. The van der Waals surface area contributed by atoms with Crippen molar-refractivity contribution in [3.63, 3.8) is 0 Å². The van der Waals surface area contributed by atoms with Gasteiger partial charge < -0.3 is 5.11 Å². The van der Waals surface area contributed by atoms with Gasteiger partial charge in [-0.05, 0) is 31.1 Å². The molecule has 0 aromatic rings. The van der Waals surface area contributed by atoms with Crippen LogP contribution >= 0.6 is 0 Å². The van der Waals surface area contributed by atoms with Crippen LogP contribution in [0.15, 0.2) is 0 Å². The van der Waals surface area contributed by atoms with Crippen LogP contribution in [0.2, 0.25) is 0 Å². The van der Waals surface area contributed by atoms with E-state index < -0.39 is 21.4 Å². The van der Waals surface area contributed by atoms with Gasteiger partial charge in [0.15, 0.2) is 0 Å². The summed E-state index contributed by atoms with van der Waals surface area (Å²) in [5.74, 6) is -0.658. The molecule has 0 saturated carbocycles. The lowest BCUT2D eigenvalue weighted by atomic mass is 9.77. The summed E-state index contributed by atoms with van der Waals surface area (Å²) in [6.07, 6.45) is 1.99. The van der Waals surface area contributed by atoms with E-state index >= 15 is 0 Å². The Labute approximate surface area is 122 Å². The molecule has 0 bridgehead atoms. The zero-order valence-electron chi connectivity index (χ0n) is 13.0. The molecular formula is C14H27NO4S. The Hall–Kier alpha value is -0.620. The van der Waals surface area contributed by atoms with Gasteiger partial charge in [-0.25, -0.2) is 12.7 Å². The molecule has 1 fully saturated rings. The van der Waals surface area contributed by atoms with E-state index in [9.17, 15) is 18.3 Å². The Morgan fingerprint density at radius 1 is 1.25 bits per heavy atom. The third kappa shape index (κ3) is 4.19. The second kappa shape index (κ2) is 6.02. The van der Waals surface area contributed by atoms with E-state index in [2.05, 4.69) is 0 Å². The molecular weight excluding hydrogens is 278 g/mol. The van der Waals surface area contributed by atoms with Gasteiger partial charge in [0.05, 0.1) is 11.2 Å². The van der Waals surface area contributed by atoms with Crippen LogP contribution in [0.4, 0.5) is 0 Å². The van der Waals surface area contributed by atoms with Crippen molar-refractivity contribution in [1.82, 2.24) is 4.31 Å². The van der Waals surface area contributed by atoms with Gasteiger partial charge in [-0.2, -0.15) is 0 Å². The van der Waals surface area contributed by atoms with Crippen molar-refractivity contribution in [2.75, 3.05) is 18.8 Å². The first kappa shape index (κ1) is 17.4. The normalized spacial score (nSPS) is 20.8. The zero-order valence-corrected chi connectivity index (χ0v) is 13.8. The van der Waals surface area contributed by atoms with Crippen LogP contribution in [0.1, 0.15) is 53.4 Å². The predicted octanol–water partition coefficient (Wildman–Crippen LogP) is 2.33. The molecule has 20 heavy (non-hydrogen) atoms. The Morgan fingerprint density at radius 2 is 1.75 bits per heavy atom. The molecule has 0 unspecified atom stereocenters. The number of sulfonamides is 1. The summed E-state index contributed by atoms with van der Waals surface area (Å²) in [5.41, 5.74) is -0.757. The van der Waals surface area contributed by atoms with Gasteiger partial charge in [-0.1, -0.05) is 27.7 Å². The minimum atomic E-state index is -3.26. The molecule has 6 heteroatoms. The number of nitrogens with zero attached hydrogens (tertiary/aromatic N) is 1. The molecule has 1 rings (SSSR count). The second-order valence-corrected chi connectivity index (χ2v) is 9.05. The molecule has 118 valence electrons. The molecule has 0 radical (unpaired) electrons. The van der Waals surface area contributed by atoms with Crippen LogP contribution in [0.25, 0.3) is 0 Å². The number of carboxylic acids is 1. The van der Waals surface area contributed by atoms with Gasteiger partial charge in [-0.15, -0.1) is 0 Å². The smallest absolute Gasteiger partial charge is 0.309 e. The fourth-order valence-corrected chi connectivity index (χ4v) is 4.34. The fraction of sp³-hybridized carbons (Fsp3) is 0.929. The third-order valence-corrected chi connectivity index (χ3v) is 6.19. The average molecular weight is 305 g/mol. The molecule has 5 nitrogen and oxygen atoms in total. The summed E-state index contributed by atoms with van der Waals surface area (Å²) in [5, 5.41) is 9.32. The molecule has 1 heterocycles. The molecule has 0 aromatic heterocycles. The minimum Gasteiger partial charge on any atom is -0.481 e. The first-order chi connectivity index (χ1) is 9.02. The van der Waals surface area contributed by atoms with Crippen molar-refractivity contribution in [2.24, 2.45) is 10.8 Å². The van der Waals surface area contributed by atoms with E-state index in [1.54, 1.807) is 0 Å². The summed E-state index contributed by atoms with van der Waals surface area (Å²) in [7, 11) is -3.26. The Balaban J connectivity index is 2.67. The number of carbonyl (C=O) groups is 1. The molecule has 1 saturated heterocycles. The maximum Gasteiger partial charge on any atom is 0.309 e. The number of piperidine rings is 1. The van der Waals surface area contributed by atoms with Crippen molar-refractivity contribution in [2.45, 2.75) is 53.4 Å². The quantitative estimate of drug-likeness (QED) is 0.846. The van der Waals surface area contributed by atoms with Gasteiger partial charge >= 0.3 is 5.97 Å². The van der Waals surface area contributed by atoms with E-state index in [1.165, 1.54) is 4.31 Å². The topological polar surface area (TPSA) is 74.7 Å². The molecule has 0 atom stereocenters. The number of aliphatic carboxylic acids is 1. The molecule has 1 aliphatic heterocycles. The number of carboxylic acid groups (broad SMARTS) is 1. The molecule has 1 N–H and O–H groups in total. The molecule has 0 spiro atoms. The van der Waals surface area contributed by atoms with Crippen LogP contribution in [0, 0.1) is 10.8 Å². The van der Waals surface area contributed by atoms with Crippen LogP contribution in [0.3, 0.4) is 0 Å². The largest absolute Gasteiger partial charge is 0.481 e. The zero-order chi connectivity index (χ0) is 15.6. The Bertz CT molecular complexity index is 442. The molecule has 0 amide bonds. The highest BCUT2D eigenvalue weighted by Gasteiger charge is 2.42. The van der Waals surface area contributed by atoms with Gasteiger partial charge in [0.25, 0.3) is 0 Å². The maximum atomic E-state index is 12.3. The van der Waals surface area contributed by atoms with E-state index in [4.69, 9.17) is 0 Å². The third-order valence-electron chi connectivity index (χ3n) is 4.31. The molecule has 1 aliphatic rings. The standard InChI is InChI=1S/C14H27NO4S/c1-5-14(12(16)17)6-9-15(10-7-14)20(18,19)11-8-13(2,3)4/h5-11H2,1-4H3,(H,16,17). The minimum absolute atomic E-state index is 0.0168. The monoisotopic (exact) mass is 305 g/mol. The highest BCUT2D eigenvalue weighted by Crippen LogP contribution is 2.36. The Morgan fingerprint density at radius 3 is 2.10 bits per heavy atom. The number of hydrogen-bond donors (Lipinski definition) is 1. The van der Waals surface area contributed by atoms with E-state index in [0.29, 0.717) is 38.8 Å². The van der Waals surface area contributed by atoms with Gasteiger partial charge in [-0.3, -0.25) is 4.79 Å². The van der Waals surface area contributed by atoms with E-state index in [0.717, 1.165) is 0 Å². The fourth-order valence-electron chi connectivity index (χ4n) is 2.48. The lowest BCUT2D eigenvalue weighted by molar-refractivity contribution is -0.151. The summed E-state index contributed by atoms with van der Waals surface area (Å²) >= 11 is 0. The SMILES string of the molecule is CCC1(C(=O)O)CCN(S(=O)(=O)CCC(C)(C)C)CC1. The van der Waals surface area contributed by atoms with Crippen molar-refractivity contribution in [3.05, 3.63) is 0 Å². The van der Waals surface area contributed by atoms with Gasteiger partial charge in [0.1, 0.15) is 0 Å². The van der Waals surface area contributed by atoms with Crippen molar-refractivity contribution >= 4 is 16.0 Å². The highest BCUT2D eigenvalue weighted by atomic mass is 32.2. The predicted molar refractivity (Wildman–Crippen MR) is 79.0 cm³/mol. The van der Waals surface area contributed by atoms with Crippen molar-refractivity contribution < 1.29 is 18.3 Å². The lowest BCUT2D eigenvalue weighted by Gasteiger charge is -2.37. The summed E-state index contributed by atoms with van der Waals surface area (Å²) < 4.78 is 26.0. The maximum absolute atomic E-state index is 12.3. The van der Waals surface area contributed by atoms with Crippen LogP contribution < -0.4 is 0 Å². The van der Waals surface area contributed by atoms with Crippen LogP contribution in [0.5, 0.6) is 0 Å². The van der Waals surface area contributed by atoms with Crippen molar-refractivity contribution in [1.29, 1.82) is 0 Å². The van der Waals surface area contributed by atoms with Gasteiger partial charge in [0, 0.05) is 13.1 Å². The van der Waals surface area contributed by atoms with Crippen LogP contribution in [-0.2, 0) is 14.8 Å². The summed E-state index contributed by atoms with van der Waals surface area (Å²) in [4.78, 5) is 11.4. The number of rotatable bonds is 5. The summed E-state index contributed by atoms with van der Waals surface area (Å²) in [6, 6.07) is 0. The van der Waals surface area contributed by atoms with E-state index in [-0.39, 0.29) is 11.2 Å².